The van der Waals surface area contributed by atoms with Crippen molar-refractivity contribution < 1.29 is 19.8 Å². The molecule has 0 rings (SSSR count). The smallest absolute Gasteiger partial charge is 0.328 e. The number of carboxylic acid groups (broad SMARTS) is 1. The monoisotopic (exact) mass is 218 g/mol. The Morgan fingerprint density at radius 3 is 2.40 bits per heavy atom. The van der Waals surface area contributed by atoms with E-state index in [0.717, 1.165) is 12.8 Å². The van der Waals surface area contributed by atoms with E-state index in [0.29, 0.717) is 13.0 Å². The normalized spacial score (nSPS) is 12.1. The van der Waals surface area contributed by atoms with Gasteiger partial charge in [0.2, 0.25) is 5.91 Å². The van der Waals surface area contributed by atoms with Crippen LogP contribution in [0.3, 0.4) is 0 Å². The van der Waals surface area contributed by atoms with Crippen LogP contribution in [0.15, 0.2) is 0 Å². The van der Waals surface area contributed by atoms with Crippen molar-refractivity contribution >= 4 is 11.9 Å². The highest BCUT2D eigenvalue weighted by Crippen LogP contribution is 1.98. The van der Waals surface area contributed by atoms with Crippen LogP contribution in [0, 0.1) is 0 Å². The third kappa shape index (κ3) is 6.87. The molecule has 0 fully saturated rings. The molecule has 0 aliphatic carbocycles. The van der Waals surface area contributed by atoms with Crippen molar-refractivity contribution in [3.63, 3.8) is 0 Å². The van der Waals surface area contributed by atoms with E-state index in [1.54, 1.807) is 0 Å². The van der Waals surface area contributed by atoms with Crippen molar-refractivity contribution in [3.05, 3.63) is 0 Å². The molecule has 5 N–H and O–H groups in total. The standard InChI is InChI=1S/C9H18N2O4/c10-5-3-1-2-4-8(13)11-7(6-12)9(14)15/h7,12H,1-6,10H2,(H,11,13)(H,14,15)/t7-/m1/s1. The molecule has 1 amide bonds. The molecule has 0 spiro atoms. The van der Waals surface area contributed by atoms with Crippen molar-refractivity contribution in [2.45, 2.75) is 31.7 Å². The molecule has 0 aromatic heterocycles. The summed E-state index contributed by atoms with van der Waals surface area (Å²) in [4.78, 5) is 21.6. The number of nitrogens with two attached hydrogens (primary N) is 1. The van der Waals surface area contributed by atoms with E-state index in [-0.39, 0.29) is 12.3 Å². The lowest BCUT2D eigenvalue weighted by molar-refractivity contribution is -0.142. The summed E-state index contributed by atoms with van der Waals surface area (Å²) in [5.41, 5.74) is 5.28. The first-order chi connectivity index (χ1) is 7.11. The highest BCUT2D eigenvalue weighted by molar-refractivity contribution is 5.83. The Bertz CT molecular complexity index is 208. The van der Waals surface area contributed by atoms with E-state index in [4.69, 9.17) is 15.9 Å². The van der Waals surface area contributed by atoms with Gasteiger partial charge in [-0.25, -0.2) is 4.79 Å². The van der Waals surface area contributed by atoms with E-state index in [2.05, 4.69) is 5.32 Å². The molecule has 1 atom stereocenters. The first kappa shape index (κ1) is 13.9. The summed E-state index contributed by atoms with van der Waals surface area (Å²) in [6, 6.07) is -1.20. The number of aliphatic carboxylic acids is 1. The number of aliphatic hydroxyl groups is 1. The molecular formula is C9H18N2O4. The fourth-order valence-corrected chi connectivity index (χ4v) is 1.06. The molecule has 0 bridgehead atoms. The highest BCUT2D eigenvalue weighted by Gasteiger charge is 2.17. The molecule has 15 heavy (non-hydrogen) atoms. The Kier molecular flexibility index (Phi) is 7.57. The molecule has 0 saturated heterocycles. The second-order valence-electron chi connectivity index (χ2n) is 3.24. The number of amides is 1. The summed E-state index contributed by atoms with van der Waals surface area (Å²) in [5.74, 6) is -1.58. The van der Waals surface area contributed by atoms with E-state index >= 15 is 0 Å². The number of carbonyl (C=O) groups is 2. The van der Waals surface area contributed by atoms with Crippen LogP contribution in [0.1, 0.15) is 25.7 Å². The van der Waals surface area contributed by atoms with Crippen molar-refractivity contribution in [1.82, 2.24) is 5.32 Å². The first-order valence-electron chi connectivity index (χ1n) is 4.95. The summed E-state index contributed by atoms with van der Waals surface area (Å²) >= 11 is 0. The minimum absolute atomic E-state index is 0.268. The summed E-state index contributed by atoms with van der Waals surface area (Å²) in [6.45, 7) is -0.000116. The summed E-state index contributed by atoms with van der Waals surface area (Å²) in [6.07, 6.45) is 2.65. The Labute approximate surface area is 88.5 Å². The van der Waals surface area contributed by atoms with Crippen LogP contribution in [0.5, 0.6) is 0 Å². The fraction of sp³-hybridized carbons (Fsp3) is 0.778. The van der Waals surface area contributed by atoms with Crippen molar-refractivity contribution in [1.29, 1.82) is 0 Å². The number of hydrogen-bond donors (Lipinski definition) is 4. The maximum absolute atomic E-state index is 11.2. The van der Waals surface area contributed by atoms with E-state index < -0.39 is 18.6 Å². The summed E-state index contributed by atoms with van der Waals surface area (Å²) in [7, 11) is 0. The molecule has 6 nitrogen and oxygen atoms in total. The van der Waals surface area contributed by atoms with Crippen LogP contribution in [-0.2, 0) is 9.59 Å². The van der Waals surface area contributed by atoms with Gasteiger partial charge in [0.25, 0.3) is 0 Å². The second-order valence-corrected chi connectivity index (χ2v) is 3.24. The molecule has 0 heterocycles. The molecule has 88 valence electrons. The van der Waals surface area contributed by atoms with E-state index in [1.807, 2.05) is 0 Å². The minimum atomic E-state index is -1.23. The van der Waals surface area contributed by atoms with Gasteiger partial charge in [0, 0.05) is 6.42 Å². The number of nitrogens with one attached hydrogen (secondary N) is 1. The molecule has 0 aromatic rings. The number of carbonyl (C=O) groups excluding carboxylic acids is 1. The molecule has 0 aliphatic heterocycles. The molecule has 0 aromatic carbocycles. The number of hydrogen-bond acceptors (Lipinski definition) is 4. The second kappa shape index (κ2) is 8.19. The van der Waals surface area contributed by atoms with Crippen LogP contribution >= 0.6 is 0 Å². The van der Waals surface area contributed by atoms with Crippen LogP contribution < -0.4 is 11.1 Å². The molecular weight excluding hydrogens is 200 g/mol. The van der Waals surface area contributed by atoms with E-state index in [1.165, 1.54) is 0 Å². The third-order valence-electron chi connectivity index (χ3n) is 1.92. The quantitative estimate of drug-likeness (QED) is 0.393. The number of aliphatic hydroxyl groups excluding tert-OH is 1. The topological polar surface area (TPSA) is 113 Å². The minimum Gasteiger partial charge on any atom is -0.480 e. The zero-order chi connectivity index (χ0) is 11.7. The average molecular weight is 218 g/mol. The van der Waals surface area contributed by atoms with Gasteiger partial charge in [0.1, 0.15) is 6.04 Å². The lowest BCUT2D eigenvalue weighted by Gasteiger charge is -2.11. The summed E-state index contributed by atoms with van der Waals surface area (Å²) in [5, 5.41) is 19.4. The predicted molar refractivity (Wildman–Crippen MR) is 54.2 cm³/mol. The Morgan fingerprint density at radius 1 is 1.27 bits per heavy atom. The summed E-state index contributed by atoms with van der Waals surface area (Å²) < 4.78 is 0. The van der Waals surface area contributed by atoms with Gasteiger partial charge < -0.3 is 21.3 Å². The van der Waals surface area contributed by atoms with Gasteiger partial charge >= 0.3 is 5.97 Å². The van der Waals surface area contributed by atoms with Gasteiger partial charge in [-0.2, -0.15) is 0 Å². The zero-order valence-corrected chi connectivity index (χ0v) is 8.61. The number of carboxylic acids is 1. The lowest BCUT2D eigenvalue weighted by Crippen LogP contribution is -2.43. The van der Waals surface area contributed by atoms with Gasteiger partial charge in [0.15, 0.2) is 0 Å². The van der Waals surface area contributed by atoms with Crippen molar-refractivity contribution in [2.24, 2.45) is 5.73 Å². The average Bonchev–Trinajstić information content (AvgIpc) is 2.20. The van der Waals surface area contributed by atoms with Crippen molar-refractivity contribution in [2.75, 3.05) is 13.2 Å². The van der Waals surface area contributed by atoms with Crippen LogP contribution in [-0.4, -0.2) is 41.3 Å². The van der Waals surface area contributed by atoms with Crippen LogP contribution in [0.2, 0.25) is 0 Å². The van der Waals surface area contributed by atoms with Crippen LogP contribution in [0.25, 0.3) is 0 Å². The van der Waals surface area contributed by atoms with Gasteiger partial charge in [-0.05, 0) is 19.4 Å². The third-order valence-corrected chi connectivity index (χ3v) is 1.92. The SMILES string of the molecule is NCCCCCC(=O)N[C@H](CO)C(=O)O. The molecule has 0 radical (unpaired) electrons. The Morgan fingerprint density at radius 2 is 1.93 bits per heavy atom. The zero-order valence-electron chi connectivity index (χ0n) is 8.61. The van der Waals surface area contributed by atoms with Gasteiger partial charge in [0.05, 0.1) is 6.61 Å². The first-order valence-corrected chi connectivity index (χ1v) is 4.95. The number of rotatable bonds is 8. The van der Waals surface area contributed by atoms with Crippen LogP contribution in [0.4, 0.5) is 0 Å². The Hall–Kier alpha value is -1.14. The van der Waals surface area contributed by atoms with Gasteiger partial charge in [-0.1, -0.05) is 6.42 Å². The van der Waals surface area contributed by atoms with Gasteiger partial charge in [-0.15, -0.1) is 0 Å². The van der Waals surface area contributed by atoms with Crippen molar-refractivity contribution in [3.8, 4) is 0 Å². The molecule has 0 unspecified atom stereocenters. The highest BCUT2D eigenvalue weighted by atomic mass is 16.4. The largest absolute Gasteiger partial charge is 0.480 e. The number of unbranched alkanes of at least 4 members (excludes halogenated alkanes) is 2. The maximum Gasteiger partial charge on any atom is 0.328 e. The molecule has 0 aliphatic rings. The fourth-order valence-electron chi connectivity index (χ4n) is 1.06. The molecule has 0 saturated carbocycles. The maximum atomic E-state index is 11.2. The van der Waals surface area contributed by atoms with Gasteiger partial charge in [-0.3, -0.25) is 4.79 Å². The molecule has 6 heteroatoms. The lowest BCUT2D eigenvalue weighted by atomic mass is 10.2. The Balaban J connectivity index is 3.67. The van der Waals surface area contributed by atoms with E-state index in [9.17, 15) is 9.59 Å². The predicted octanol–water partition coefficient (Wildman–Crippen LogP) is -0.933.